The SMILES string of the molecule is C=C[C@H]1C=C[C@H]2[C@@H]3C[C@H](C)CC[C@H]3[C@@H]3Oc4ccc(cc4)C[C@]4(O)NC(=O)[C@]5(O[C@H]54)C(=O)[C@@H]1[C@H]23. The summed E-state index contributed by atoms with van der Waals surface area (Å²) in [5, 5.41) is 14.1. The first-order valence-corrected chi connectivity index (χ1v) is 12.7. The van der Waals surface area contributed by atoms with E-state index < -0.39 is 29.3 Å². The summed E-state index contributed by atoms with van der Waals surface area (Å²) in [7, 11) is 0. The third-order valence-corrected chi connectivity index (χ3v) is 9.67. The van der Waals surface area contributed by atoms with Gasteiger partial charge in [-0.15, -0.1) is 6.58 Å². The highest BCUT2D eigenvalue weighted by molar-refractivity contribution is 6.16. The zero-order valence-corrected chi connectivity index (χ0v) is 19.4. The van der Waals surface area contributed by atoms with Crippen LogP contribution in [0.25, 0.3) is 0 Å². The Labute approximate surface area is 199 Å². The highest BCUT2D eigenvalue weighted by atomic mass is 16.6. The average Bonchev–Trinajstić information content (AvgIpc) is 3.48. The molecular weight excluding hydrogens is 430 g/mol. The molecule has 4 bridgehead atoms. The van der Waals surface area contributed by atoms with Crippen molar-refractivity contribution in [3.8, 4) is 5.75 Å². The molecular formula is C28H31NO5. The van der Waals surface area contributed by atoms with Crippen molar-refractivity contribution in [3.05, 3.63) is 54.6 Å². The fourth-order valence-corrected chi connectivity index (χ4v) is 8.13. The van der Waals surface area contributed by atoms with E-state index in [1.54, 1.807) is 0 Å². The molecule has 0 spiro atoms. The fraction of sp³-hybridized carbons (Fsp3) is 0.571. The highest BCUT2D eigenvalue weighted by Crippen LogP contribution is 2.60. The summed E-state index contributed by atoms with van der Waals surface area (Å²) < 4.78 is 12.6. The van der Waals surface area contributed by atoms with Gasteiger partial charge in [-0.3, -0.25) is 9.59 Å². The Hall–Kier alpha value is -2.44. The van der Waals surface area contributed by atoms with Gasteiger partial charge in [-0.1, -0.05) is 43.7 Å². The lowest BCUT2D eigenvalue weighted by molar-refractivity contribution is -0.143. The zero-order valence-electron chi connectivity index (χ0n) is 19.4. The molecule has 34 heavy (non-hydrogen) atoms. The van der Waals surface area contributed by atoms with Crippen LogP contribution >= 0.6 is 0 Å². The third kappa shape index (κ3) is 2.59. The smallest absolute Gasteiger partial charge is 0.265 e. The Morgan fingerprint density at radius 1 is 1.15 bits per heavy atom. The molecule has 6 heteroatoms. The highest BCUT2D eigenvalue weighted by Gasteiger charge is 2.81. The second kappa shape index (κ2) is 6.82. The second-order valence-electron chi connectivity index (χ2n) is 11.5. The molecule has 1 amide bonds. The van der Waals surface area contributed by atoms with Crippen molar-refractivity contribution in [3.63, 3.8) is 0 Å². The average molecular weight is 462 g/mol. The Morgan fingerprint density at radius 2 is 1.94 bits per heavy atom. The van der Waals surface area contributed by atoms with Gasteiger partial charge < -0.3 is 19.9 Å². The van der Waals surface area contributed by atoms with Crippen LogP contribution in [0.3, 0.4) is 0 Å². The van der Waals surface area contributed by atoms with Crippen LogP contribution in [-0.2, 0) is 20.7 Å². The lowest BCUT2D eigenvalue weighted by atomic mass is 9.65. The number of nitrogens with one attached hydrogen (secondary N) is 1. The van der Waals surface area contributed by atoms with Crippen molar-refractivity contribution in [2.45, 2.75) is 56.1 Å². The number of allylic oxidation sites excluding steroid dienone is 3. The molecule has 11 atom stereocenters. The molecule has 3 aliphatic carbocycles. The monoisotopic (exact) mass is 461 g/mol. The van der Waals surface area contributed by atoms with Crippen molar-refractivity contribution in [1.82, 2.24) is 5.32 Å². The Kier molecular flexibility index (Phi) is 4.19. The molecule has 0 aromatic heterocycles. The molecule has 6 nitrogen and oxygen atoms in total. The van der Waals surface area contributed by atoms with E-state index in [1.807, 2.05) is 30.3 Å². The van der Waals surface area contributed by atoms with E-state index in [0.717, 1.165) is 30.6 Å². The molecule has 2 saturated carbocycles. The predicted molar refractivity (Wildman–Crippen MR) is 124 cm³/mol. The molecule has 4 aliphatic heterocycles. The van der Waals surface area contributed by atoms with Gasteiger partial charge in [0.15, 0.2) is 17.6 Å². The molecule has 7 aliphatic rings. The summed E-state index contributed by atoms with van der Waals surface area (Å²) in [5.74, 6) is 0.977. The van der Waals surface area contributed by atoms with Gasteiger partial charge in [0.2, 0.25) is 5.60 Å². The summed E-state index contributed by atoms with van der Waals surface area (Å²) in [6, 6.07) is 7.75. The molecule has 1 aromatic rings. The minimum absolute atomic E-state index is 0.0676. The van der Waals surface area contributed by atoms with Gasteiger partial charge in [-0.25, -0.2) is 0 Å². The first kappa shape index (κ1) is 20.9. The number of epoxide rings is 1. The first-order valence-electron chi connectivity index (χ1n) is 12.7. The first-order chi connectivity index (χ1) is 16.4. The van der Waals surface area contributed by atoms with Crippen LogP contribution in [0.4, 0.5) is 0 Å². The van der Waals surface area contributed by atoms with E-state index in [-0.39, 0.29) is 36.1 Å². The largest absolute Gasteiger partial charge is 0.490 e. The van der Waals surface area contributed by atoms with Crippen molar-refractivity contribution in [2.75, 3.05) is 0 Å². The lowest BCUT2D eigenvalue weighted by Crippen LogP contribution is -2.51. The number of benzene rings is 1. The van der Waals surface area contributed by atoms with Crippen molar-refractivity contribution in [2.24, 2.45) is 41.4 Å². The summed E-state index contributed by atoms with van der Waals surface area (Å²) >= 11 is 0. The number of aliphatic hydroxyl groups is 1. The van der Waals surface area contributed by atoms with Crippen LogP contribution in [0, 0.1) is 41.4 Å². The maximum Gasteiger partial charge on any atom is 0.265 e. The van der Waals surface area contributed by atoms with Crippen molar-refractivity contribution < 1.29 is 24.2 Å². The van der Waals surface area contributed by atoms with Gasteiger partial charge in [-0.2, -0.15) is 0 Å². The number of Topliss-reactive ketones (excluding diaryl/α,β-unsaturated/α-hetero) is 1. The van der Waals surface area contributed by atoms with E-state index in [0.29, 0.717) is 17.8 Å². The second-order valence-corrected chi connectivity index (χ2v) is 11.5. The molecule has 178 valence electrons. The summed E-state index contributed by atoms with van der Waals surface area (Å²) in [5.41, 5.74) is -2.37. The quantitative estimate of drug-likeness (QED) is 0.382. The number of rotatable bonds is 1. The van der Waals surface area contributed by atoms with E-state index in [1.165, 1.54) is 0 Å². The number of ether oxygens (including phenoxy) is 2. The molecule has 2 N–H and O–H groups in total. The third-order valence-electron chi connectivity index (χ3n) is 9.67. The maximum atomic E-state index is 14.3. The van der Waals surface area contributed by atoms with Crippen LogP contribution in [0.2, 0.25) is 0 Å². The van der Waals surface area contributed by atoms with Gasteiger partial charge in [0, 0.05) is 24.2 Å². The molecule has 0 radical (unpaired) electrons. The summed E-state index contributed by atoms with van der Waals surface area (Å²) in [6.07, 6.45) is 8.76. The Morgan fingerprint density at radius 3 is 2.68 bits per heavy atom. The molecule has 2 saturated heterocycles. The number of fused-ring (bicyclic) bond motifs is 4. The van der Waals surface area contributed by atoms with Gasteiger partial charge in [0.05, 0.1) is 0 Å². The number of morpholine rings is 1. The molecule has 0 unspecified atom stereocenters. The van der Waals surface area contributed by atoms with Gasteiger partial charge >= 0.3 is 0 Å². The number of carbonyl (C=O) groups is 2. The van der Waals surface area contributed by atoms with E-state index in [2.05, 4.69) is 31.0 Å². The van der Waals surface area contributed by atoms with Crippen LogP contribution in [0.15, 0.2) is 49.1 Å². The normalized spacial score (nSPS) is 50.0. The molecule has 4 heterocycles. The topological polar surface area (TPSA) is 88.2 Å². The number of amides is 1. The Bertz CT molecular complexity index is 1110. The van der Waals surface area contributed by atoms with Gasteiger partial charge in [0.25, 0.3) is 5.91 Å². The van der Waals surface area contributed by atoms with Crippen LogP contribution in [0.1, 0.15) is 31.7 Å². The number of hydrogen-bond acceptors (Lipinski definition) is 5. The van der Waals surface area contributed by atoms with Gasteiger partial charge in [0.1, 0.15) is 11.9 Å². The summed E-state index contributed by atoms with van der Waals surface area (Å²) in [4.78, 5) is 27.5. The van der Waals surface area contributed by atoms with E-state index in [4.69, 9.17) is 9.47 Å². The van der Waals surface area contributed by atoms with Crippen LogP contribution in [0.5, 0.6) is 5.75 Å². The van der Waals surface area contributed by atoms with E-state index >= 15 is 0 Å². The number of ketones is 1. The van der Waals surface area contributed by atoms with Gasteiger partial charge in [-0.05, 0) is 54.2 Å². The zero-order chi connectivity index (χ0) is 23.4. The maximum absolute atomic E-state index is 14.3. The fourth-order valence-electron chi connectivity index (χ4n) is 8.13. The van der Waals surface area contributed by atoms with E-state index in [9.17, 15) is 14.7 Å². The number of carbonyl (C=O) groups excluding carboxylic acids is 2. The predicted octanol–water partition coefficient (Wildman–Crippen LogP) is 2.80. The van der Waals surface area contributed by atoms with Crippen LogP contribution in [-0.4, -0.2) is 40.3 Å². The molecule has 4 fully saturated rings. The van der Waals surface area contributed by atoms with Crippen molar-refractivity contribution >= 4 is 11.7 Å². The number of hydrogen-bond donors (Lipinski definition) is 2. The summed E-state index contributed by atoms with van der Waals surface area (Å²) in [6.45, 7) is 6.35. The molecule has 1 aromatic carbocycles. The molecule has 8 rings (SSSR count). The Balaban J connectivity index is 1.40. The standard InChI is InChI=1S/C28H31NO5/c1-3-16-7-11-18-20-12-14(2)4-10-19(20)23-22(18)21(16)24(30)28-25(34-28)27(32,29-26(28)31)13-15-5-8-17(33-23)9-6-15/h3,5-9,11,14,16,18-23,25,32H,1,4,10,12-13H2,2H3,(H,29,31)/t14-,16+,18+,19-,20+,21+,22+,23+,25+,27-,28+/m1/s1. The van der Waals surface area contributed by atoms with Crippen molar-refractivity contribution in [1.29, 1.82) is 0 Å². The minimum Gasteiger partial charge on any atom is -0.490 e. The minimum atomic E-state index is -1.62. The van der Waals surface area contributed by atoms with Crippen LogP contribution < -0.4 is 10.1 Å². The lowest BCUT2D eigenvalue weighted by Gasteiger charge is -2.38.